The van der Waals surface area contributed by atoms with Crippen molar-refractivity contribution in [1.82, 2.24) is 0 Å². The molecular formula is C18H17. The second-order valence-corrected chi connectivity index (χ2v) is 4.43. The maximum absolute atomic E-state index is 5.59. The molecule has 0 saturated carbocycles. The van der Waals surface area contributed by atoms with Crippen LogP contribution in [0.5, 0.6) is 0 Å². The van der Waals surface area contributed by atoms with Crippen LogP contribution >= 0.6 is 0 Å². The molecule has 0 fully saturated rings. The van der Waals surface area contributed by atoms with Gasteiger partial charge < -0.3 is 0 Å². The highest BCUT2D eigenvalue weighted by molar-refractivity contribution is 5.74. The smallest absolute Gasteiger partial charge is 0.0344 e. The van der Waals surface area contributed by atoms with Crippen molar-refractivity contribution in [3.05, 3.63) is 70.3 Å². The zero-order chi connectivity index (χ0) is 13.0. The zero-order valence-electron chi connectivity index (χ0n) is 11.8. The summed E-state index contributed by atoms with van der Waals surface area (Å²) in [6, 6.07) is 14.5. The van der Waals surface area contributed by atoms with Gasteiger partial charge in [0.1, 0.15) is 0 Å². The summed E-state index contributed by atoms with van der Waals surface area (Å²) in [5.41, 5.74) is 5.66. The van der Waals surface area contributed by atoms with E-state index in [2.05, 4.69) is 56.2 Å². The van der Waals surface area contributed by atoms with Crippen molar-refractivity contribution in [3.8, 4) is 12.3 Å². The Balaban J connectivity index is 0.00000180. The van der Waals surface area contributed by atoms with E-state index in [-0.39, 0.29) is 1.43 Å². The van der Waals surface area contributed by atoms with Crippen molar-refractivity contribution in [2.24, 2.45) is 0 Å². The molecule has 0 heterocycles. The number of aryl methyl sites for hydroxylation is 2. The Kier molecular flexibility index (Phi) is 3.65. The summed E-state index contributed by atoms with van der Waals surface area (Å²) in [7, 11) is 0. The minimum absolute atomic E-state index is 0. The molecule has 2 aromatic rings. The summed E-state index contributed by atoms with van der Waals surface area (Å²) in [4.78, 5) is 0. The molecule has 2 aromatic carbocycles. The van der Waals surface area contributed by atoms with Gasteiger partial charge in [0.2, 0.25) is 0 Å². The van der Waals surface area contributed by atoms with E-state index in [0.717, 1.165) is 16.7 Å². The molecule has 89 valence electrons. The number of hydrogen-bond donors (Lipinski definition) is 0. The molecule has 1 radical (unpaired) electrons. The first kappa shape index (κ1) is 12.2. The third-order valence-electron chi connectivity index (χ3n) is 2.91. The highest BCUT2D eigenvalue weighted by atomic mass is 14.0. The molecule has 0 amide bonds. The summed E-state index contributed by atoms with van der Waals surface area (Å²) in [6.45, 7) is 4.15. The van der Waals surface area contributed by atoms with Gasteiger partial charge in [-0.2, -0.15) is 0 Å². The average Bonchev–Trinajstić information content (AvgIpc) is 2.37. The topological polar surface area (TPSA) is 0 Å². The molecule has 18 heavy (non-hydrogen) atoms. The Morgan fingerprint density at radius 1 is 1.06 bits per heavy atom. The Morgan fingerprint density at radius 3 is 2.44 bits per heavy atom. The van der Waals surface area contributed by atoms with E-state index in [1.807, 2.05) is 18.2 Å². The van der Waals surface area contributed by atoms with Crippen molar-refractivity contribution < 1.29 is 1.43 Å². The maximum Gasteiger partial charge on any atom is 0.0344 e. The van der Waals surface area contributed by atoms with Crippen LogP contribution in [0.2, 0.25) is 0 Å². The SMILES string of the molecule is C#Cc1c(C)cc(C)cc1/C=C/c1ccccc1.[H]. The molecule has 0 unspecified atom stereocenters. The van der Waals surface area contributed by atoms with Gasteiger partial charge in [-0.1, -0.05) is 66.1 Å². The zero-order valence-corrected chi connectivity index (χ0v) is 10.8. The lowest BCUT2D eigenvalue weighted by atomic mass is 9.98. The third kappa shape index (κ3) is 2.70. The fourth-order valence-electron chi connectivity index (χ4n) is 2.08. The van der Waals surface area contributed by atoms with Gasteiger partial charge in [0.05, 0.1) is 0 Å². The van der Waals surface area contributed by atoms with Crippen molar-refractivity contribution in [2.75, 3.05) is 0 Å². The van der Waals surface area contributed by atoms with Gasteiger partial charge in [-0.25, -0.2) is 0 Å². The largest absolute Gasteiger partial charge is 0.115 e. The van der Waals surface area contributed by atoms with E-state index in [9.17, 15) is 0 Å². The van der Waals surface area contributed by atoms with Crippen LogP contribution in [0.3, 0.4) is 0 Å². The van der Waals surface area contributed by atoms with Gasteiger partial charge in [0.15, 0.2) is 0 Å². The Morgan fingerprint density at radius 2 is 1.78 bits per heavy atom. The summed E-state index contributed by atoms with van der Waals surface area (Å²) >= 11 is 0. The van der Waals surface area contributed by atoms with E-state index in [4.69, 9.17) is 6.42 Å². The normalized spacial score (nSPS) is 10.5. The van der Waals surface area contributed by atoms with Crippen LogP contribution in [0.15, 0.2) is 42.5 Å². The number of benzene rings is 2. The molecule has 0 atom stereocenters. The van der Waals surface area contributed by atoms with Crippen LogP contribution in [-0.2, 0) is 0 Å². The summed E-state index contributed by atoms with van der Waals surface area (Å²) < 4.78 is 0. The lowest BCUT2D eigenvalue weighted by molar-refractivity contribution is 1.35. The van der Waals surface area contributed by atoms with Crippen molar-refractivity contribution in [3.63, 3.8) is 0 Å². The molecule has 0 N–H and O–H groups in total. The van der Waals surface area contributed by atoms with Crippen LogP contribution in [0.4, 0.5) is 0 Å². The predicted octanol–water partition coefficient (Wildman–Crippen LogP) is 4.57. The summed E-state index contributed by atoms with van der Waals surface area (Å²) in [6.07, 6.45) is 9.77. The lowest BCUT2D eigenvalue weighted by Crippen LogP contribution is -1.89. The second-order valence-electron chi connectivity index (χ2n) is 4.43. The molecule has 0 aliphatic heterocycles. The fourth-order valence-corrected chi connectivity index (χ4v) is 2.08. The van der Waals surface area contributed by atoms with E-state index in [1.165, 1.54) is 11.1 Å². The molecule has 0 saturated heterocycles. The fraction of sp³-hybridized carbons (Fsp3) is 0.111. The molecule has 0 aliphatic carbocycles. The standard InChI is InChI=1S/C18H16.H/c1-4-18-15(3)12-14(2)13-17(18)11-10-16-8-6-5-7-9-16;/h1,5-13H,2-3H3;/b11-10+;. The van der Waals surface area contributed by atoms with Crippen molar-refractivity contribution >= 4 is 12.2 Å². The first-order valence-corrected chi connectivity index (χ1v) is 6.01. The minimum atomic E-state index is 0. The average molecular weight is 233 g/mol. The third-order valence-corrected chi connectivity index (χ3v) is 2.91. The first-order valence-electron chi connectivity index (χ1n) is 6.01. The van der Waals surface area contributed by atoms with Crippen molar-refractivity contribution in [1.29, 1.82) is 0 Å². The van der Waals surface area contributed by atoms with Gasteiger partial charge in [-0.3, -0.25) is 0 Å². The molecular weight excluding hydrogens is 216 g/mol. The maximum atomic E-state index is 5.59. The van der Waals surface area contributed by atoms with E-state index in [0.29, 0.717) is 0 Å². The van der Waals surface area contributed by atoms with Gasteiger partial charge >= 0.3 is 0 Å². The molecule has 0 aromatic heterocycles. The van der Waals surface area contributed by atoms with Crippen LogP contribution in [-0.4, -0.2) is 0 Å². The van der Waals surface area contributed by atoms with Crippen LogP contribution in [0.1, 0.15) is 29.2 Å². The minimum Gasteiger partial charge on any atom is -0.115 e. The van der Waals surface area contributed by atoms with Gasteiger partial charge in [0, 0.05) is 6.99 Å². The quantitative estimate of drug-likeness (QED) is 0.526. The molecule has 0 nitrogen and oxygen atoms in total. The molecule has 0 heteroatoms. The van der Waals surface area contributed by atoms with Crippen LogP contribution in [0.25, 0.3) is 12.2 Å². The monoisotopic (exact) mass is 233 g/mol. The molecule has 0 bridgehead atoms. The van der Waals surface area contributed by atoms with E-state index in [1.54, 1.807) is 0 Å². The summed E-state index contributed by atoms with van der Waals surface area (Å²) in [5, 5.41) is 0. The number of terminal acetylenes is 1. The van der Waals surface area contributed by atoms with Crippen molar-refractivity contribution in [2.45, 2.75) is 13.8 Å². The highest BCUT2D eigenvalue weighted by Gasteiger charge is 2.01. The van der Waals surface area contributed by atoms with Gasteiger partial charge in [0.25, 0.3) is 0 Å². The summed E-state index contributed by atoms with van der Waals surface area (Å²) in [5.74, 6) is 2.78. The highest BCUT2D eigenvalue weighted by Crippen LogP contribution is 2.18. The first-order chi connectivity index (χ1) is 8.70. The predicted molar refractivity (Wildman–Crippen MR) is 80.3 cm³/mol. The lowest BCUT2D eigenvalue weighted by Gasteiger charge is -2.05. The van der Waals surface area contributed by atoms with Gasteiger partial charge in [-0.15, -0.1) is 6.42 Å². The van der Waals surface area contributed by atoms with E-state index >= 15 is 0 Å². The molecule has 2 rings (SSSR count). The molecule has 0 aliphatic rings. The Labute approximate surface area is 110 Å². The number of rotatable bonds is 2. The number of hydrogen-bond acceptors (Lipinski definition) is 0. The van der Waals surface area contributed by atoms with Crippen LogP contribution in [0, 0.1) is 26.2 Å². The van der Waals surface area contributed by atoms with Crippen LogP contribution < -0.4 is 0 Å². The second kappa shape index (κ2) is 5.38. The Bertz CT molecular complexity index is 616. The van der Waals surface area contributed by atoms with Gasteiger partial charge in [-0.05, 0) is 30.5 Å². The molecule has 0 spiro atoms. The Hall–Kier alpha value is -2.26. The van der Waals surface area contributed by atoms with E-state index < -0.39 is 0 Å².